The molecule has 2 N–H and O–H groups in total. The molecule has 0 radical (unpaired) electrons. The summed E-state index contributed by atoms with van der Waals surface area (Å²) in [5.74, 6) is -1.42. The highest BCUT2D eigenvalue weighted by Gasteiger charge is 2.18. The summed E-state index contributed by atoms with van der Waals surface area (Å²) in [6.07, 6.45) is 0.859. The minimum Gasteiger partial charge on any atom is -0.324 e. The normalized spacial score (nSPS) is 10.7. The molecule has 31 heavy (non-hydrogen) atoms. The maximum absolute atomic E-state index is 14.8. The summed E-state index contributed by atoms with van der Waals surface area (Å²) >= 11 is 0. The van der Waals surface area contributed by atoms with E-state index in [0.29, 0.717) is 12.1 Å². The van der Waals surface area contributed by atoms with Crippen LogP contribution in [0.5, 0.6) is 0 Å². The van der Waals surface area contributed by atoms with E-state index in [1.54, 1.807) is 6.07 Å². The van der Waals surface area contributed by atoms with Crippen LogP contribution in [0.4, 0.5) is 10.1 Å². The van der Waals surface area contributed by atoms with Crippen LogP contribution in [0.25, 0.3) is 11.1 Å². The monoisotopic (exact) mass is 418 g/mol. The van der Waals surface area contributed by atoms with Gasteiger partial charge in [-0.25, -0.2) is 4.39 Å². The number of carbonyl (C=O) groups is 2. The molecule has 0 bridgehead atoms. The number of amides is 1. The zero-order valence-electron chi connectivity index (χ0n) is 18.1. The first-order valence-corrected chi connectivity index (χ1v) is 10.4. The predicted octanol–water partition coefficient (Wildman–Crippen LogP) is 5.29. The number of anilines is 1. The van der Waals surface area contributed by atoms with E-state index in [1.807, 2.05) is 62.4 Å². The SMILES string of the molecule is CCc1cccc(-c2cc(F)c(C(C)=O)c(NC(=O)CNCc3cccc(C)c3)c2)c1. The van der Waals surface area contributed by atoms with Crippen LogP contribution >= 0.6 is 0 Å². The fraction of sp³-hybridized carbons (Fsp3) is 0.231. The Balaban J connectivity index is 1.78. The number of halogens is 1. The number of Topliss-reactive ketones (excluding diaryl/α,β-unsaturated/α-hetero) is 1. The lowest BCUT2D eigenvalue weighted by atomic mass is 9.98. The fourth-order valence-corrected chi connectivity index (χ4v) is 3.54. The molecule has 0 aromatic heterocycles. The summed E-state index contributed by atoms with van der Waals surface area (Å²) in [4.78, 5) is 24.5. The van der Waals surface area contributed by atoms with E-state index >= 15 is 0 Å². The number of hydrogen-bond donors (Lipinski definition) is 2. The van der Waals surface area contributed by atoms with Crippen molar-refractivity contribution in [1.29, 1.82) is 0 Å². The van der Waals surface area contributed by atoms with Crippen molar-refractivity contribution < 1.29 is 14.0 Å². The molecule has 0 aliphatic carbocycles. The highest BCUT2D eigenvalue weighted by Crippen LogP contribution is 2.29. The van der Waals surface area contributed by atoms with Gasteiger partial charge in [-0.2, -0.15) is 0 Å². The van der Waals surface area contributed by atoms with Crippen LogP contribution in [0.1, 0.15) is 40.9 Å². The molecule has 3 rings (SSSR count). The van der Waals surface area contributed by atoms with E-state index in [-0.39, 0.29) is 23.7 Å². The summed E-state index contributed by atoms with van der Waals surface area (Å²) in [5, 5.41) is 5.79. The molecule has 160 valence electrons. The van der Waals surface area contributed by atoms with Crippen molar-refractivity contribution in [2.45, 2.75) is 33.7 Å². The molecule has 0 heterocycles. The number of rotatable bonds is 8. The molecular formula is C26H27FN2O2. The van der Waals surface area contributed by atoms with Crippen molar-refractivity contribution in [2.24, 2.45) is 0 Å². The van der Waals surface area contributed by atoms with Gasteiger partial charge in [-0.05, 0) is 54.7 Å². The number of hydrogen-bond acceptors (Lipinski definition) is 3. The molecular weight excluding hydrogens is 391 g/mol. The van der Waals surface area contributed by atoms with Crippen molar-refractivity contribution in [1.82, 2.24) is 5.32 Å². The third-order valence-electron chi connectivity index (χ3n) is 5.08. The van der Waals surface area contributed by atoms with Crippen molar-refractivity contribution in [3.05, 3.63) is 88.7 Å². The summed E-state index contributed by atoms with van der Waals surface area (Å²) in [6, 6.07) is 18.8. The Morgan fingerprint density at radius 3 is 2.39 bits per heavy atom. The smallest absolute Gasteiger partial charge is 0.238 e. The van der Waals surface area contributed by atoms with Crippen molar-refractivity contribution in [2.75, 3.05) is 11.9 Å². The van der Waals surface area contributed by atoms with Gasteiger partial charge in [0.1, 0.15) is 5.82 Å². The van der Waals surface area contributed by atoms with Gasteiger partial charge in [0.15, 0.2) is 5.78 Å². The van der Waals surface area contributed by atoms with Gasteiger partial charge in [0.2, 0.25) is 5.91 Å². The predicted molar refractivity (Wildman–Crippen MR) is 123 cm³/mol. The number of ketones is 1. The van der Waals surface area contributed by atoms with Crippen LogP contribution in [-0.4, -0.2) is 18.2 Å². The number of nitrogens with one attached hydrogen (secondary N) is 2. The second-order valence-corrected chi connectivity index (χ2v) is 7.63. The lowest BCUT2D eigenvalue weighted by Gasteiger charge is -2.14. The van der Waals surface area contributed by atoms with E-state index in [4.69, 9.17) is 0 Å². The Morgan fingerprint density at radius 1 is 0.935 bits per heavy atom. The zero-order valence-corrected chi connectivity index (χ0v) is 18.1. The van der Waals surface area contributed by atoms with E-state index in [9.17, 15) is 14.0 Å². The lowest BCUT2D eigenvalue weighted by molar-refractivity contribution is -0.115. The van der Waals surface area contributed by atoms with Crippen molar-refractivity contribution >= 4 is 17.4 Å². The van der Waals surface area contributed by atoms with Crippen molar-refractivity contribution in [3.8, 4) is 11.1 Å². The van der Waals surface area contributed by atoms with Crippen molar-refractivity contribution in [3.63, 3.8) is 0 Å². The molecule has 4 nitrogen and oxygen atoms in total. The first kappa shape index (κ1) is 22.4. The Bertz CT molecular complexity index is 1110. The maximum atomic E-state index is 14.8. The van der Waals surface area contributed by atoms with Crippen LogP contribution < -0.4 is 10.6 Å². The average molecular weight is 419 g/mol. The summed E-state index contributed by atoms with van der Waals surface area (Å²) < 4.78 is 14.8. The van der Waals surface area contributed by atoms with Gasteiger partial charge in [0, 0.05) is 6.54 Å². The molecule has 3 aromatic carbocycles. The van der Waals surface area contributed by atoms with Crippen LogP contribution in [0.15, 0.2) is 60.7 Å². The number of carbonyl (C=O) groups excluding carboxylic acids is 2. The number of benzene rings is 3. The van der Waals surface area contributed by atoms with E-state index in [2.05, 4.69) is 10.6 Å². The molecule has 5 heteroatoms. The Labute approximate surface area is 182 Å². The van der Waals surface area contributed by atoms with Gasteiger partial charge < -0.3 is 10.6 Å². The van der Waals surface area contributed by atoms with E-state index < -0.39 is 11.6 Å². The average Bonchev–Trinajstić information content (AvgIpc) is 2.73. The second-order valence-electron chi connectivity index (χ2n) is 7.63. The highest BCUT2D eigenvalue weighted by atomic mass is 19.1. The molecule has 0 spiro atoms. The van der Waals surface area contributed by atoms with Gasteiger partial charge >= 0.3 is 0 Å². The molecule has 3 aromatic rings. The third kappa shape index (κ3) is 5.86. The Hall–Kier alpha value is -3.31. The molecule has 0 aliphatic heterocycles. The molecule has 1 amide bonds. The first-order chi connectivity index (χ1) is 14.9. The summed E-state index contributed by atoms with van der Waals surface area (Å²) in [7, 11) is 0. The molecule has 0 saturated carbocycles. The van der Waals surface area contributed by atoms with Crippen LogP contribution in [0, 0.1) is 12.7 Å². The van der Waals surface area contributed by atoms with Crippen LogP contribution in [0.3, 0.4) is 0 Å². The maximum Gasteiger partial charge on any atom is 0.238 e. The minimum absolute atomic E-state index is 0.0441. The number of aryl methyl sites for hydroxylation is 2. The van der Waals surface area contributed by atoms with E-state index in [1.165, 1.54) is 13.0 Å². The molecule has 0 unspecified atom stereocenters. The fourth-order valence-electron chi connectivity index (χ4n) is 3.54. The Morgan fingerprint density at radius 2 is 1.68 bits per heavy atom. The highest BCUT2D eigenvalue weighted by molar-refractivity contribution is 6.05. The Kier molecular flexibility index (Phi) is 7.32. The second kappa shape index (κ2) is 10.1. The third-order valence-corrected chi connectivity index (χ3v) is 5.08. The van der Waals surface area contributed by atoms with Gasteiger partial charge in [0.05, 0.1) is 17.8 Å². The standard InChI is InChI=1S/C26H27FN2O2/c1-4-19-8-6-10-21(12-19)22-13-23(27)26(18(3)30)24(14-22)29-25(31)16-28-15-20-9-5-7-17(2)11-20/h5-14,28H,4,15-16H2,1-3H3,(H,29,31). The topological polar surface area (TPSA) is 58.2 Å². The van der Waals surface area contributed by atoms with Gasteiger partial charge in [-0.3, -0.25) is 9.59 Å². The first-order valence-electron chi connectivity index (χ1n) is 10.4. The quantitative estimate of drug-likeness (QED) is 0.489. The largest absolute Gasteiger partial charge is 0.324 e. The molecule has 0 fully saturated rings. The molecule has 0 saturated heterocycles. The summed E-state index contributed by atoms with van der Waals surface area (Å²) in [6.45, 7) is 5.93. The van der Waals surface area contributed by atoms with Gasteiger partial charge in [-0.15, -0.1) is 0 Å². The summed E-state index contributed by atoms with van der Waals surface area (Å²) in [5.41, 5.74) is 4.87. The molecule has 0 atom stereocenters. The van der Waals surface area contributed by atoms with E-state index in [0.717, 1.165) is 28.7 Å². The zero-order chi connectivity index (χ0) is 22.4. The van der Waals surface area contributed by atoms with Crippen LogP contribution in [-0.2, 0) is 17.8 Å². The van der Waals surface area contributed by atoms with Gasteiger partial charge in [0.25, 0.3) is 0 Å². The molecule has 0 aliphatic rings. The van der Waals surface area contributed by atoms with Gasteiger partial charge in [-0.1, -0.05) is 61.0 Å². The van der Waals surface area contributed by atoms with Crippen LogP contribution in [0.2, 0.25) is 0 Å². The lowest BCUT2D eigenvalue weighted by Crippen LogP contribution is -2.28. The minimum atomic E-state index is -0.644.